The molecule has 0 spiro atoms. The molecule has 2 aromatic carbocycles. The van der Waals surface area contributed by atoms with Gasteiger partial charge >= 0.3 is 0 Å². The Morgan fingerprint density at radius 1 is 1.14 bits per heavy atom. The van der Waals surface area contributed by atoms with Crippen molar-refractivity contribution < 1.29 is 4.74 Å². The fourth-order valence-corrected chi connectivity index (χ4v) is 2.80. The summed E-state index contributed by atoms with van der Waals surface area (Å²) in [5.41, 5.74) is 10.2. The highest BCUT2D eigenvalue weighted by molar-refractivity contribution is 5.52. The van der Waals surface area contributed by atoms with Crippen LogP contribution in [-0.2, 0) is 11.2 Å². The van der Waals surface area contributed by atoms with E-state index in [0.717, 1.165) is 24.0 Å². The molecule has 0 amide bonds. The van der Waals surface area contributed by atoms with E-state index in [1.165, 1.54) is 5.56 Å². The molecule has 106 valence electrons. The summed E-state index contributed by atoms with van der Waals surface area (Å²) in [7, 11) is 0. The molecule has 2 atom stereocenters. The van der Waals surface area contributed by atoms with E-state index in [-0.39, 0.29) is 12.1 Å². The maximum absolute atomic E-state index is 7.23. The minimum atomic E-state index is -0.115. The minimum absolute atomic E-state index is 0.110. The summed E-state index contributed by atoms with van der Waals surface area (Å²) in [6.07, 6.45) is 1.57. The first-order chi connectivity index (χ1) is 10.3. The Morgan fingerprint density at radius 2 is 1.95 bits per heavy atom. The van der Waals surface area contributed by atoms with Gasteiger partial charge in [0.15, 0.2) is 5.69 Å². The van der Waals surface area contributed by atoms with E-state index in [2.05, 4.69) is 17.0 Å². The number of fused-ring (bicyclic) bond motifs is 1. The van der Waals surface area contributed by atoms with Crippen molar-refractivity contribution in [3.05, 3.63) is 76.6 Å². The summed E-state index contributed by atoms with van der Waals surface area (Å²) in [4.78, 5) is 3.54. The number of hydrogen-bond donors (Lipinski definition) is 1. The molecule has 21 heavy (non-hydrogen) atoms. The van der Waals surface area contributed by atoms with E-state index in [1.54, 1.807) is 0 Å². The van der Waals surface area contributed by atoms with Gasteiger partial charge in [0, 0.05) is 12.6 Å². The van der Waals surface area contributed by atoms with Crippen molar-refractivity contribution in [1.29, 1.82) is 0 Å². The molecule has 0 bridgehead atoms. The number of ether oxygens (including phenoxy) is 1. The van der Waals surface area contributed by atoms with Gasteiger partial charge in [-0.15, -0.1) is 0 Å². The van der Waals surface area contributed by atoms with E-state index < -0.39 is 0 Å². The van der Waals surface area contributed by atoms with Crippen LogP contribution in [0.1, 0.15) is 29.2 Å². The summed E-state index contributed by atoms with van der Waals surface area (Å²) in [5, 5.41) is 0. The van der Waals surface area contributed by atoms with Gasteiger partial charge < -0.3 is 10.5 Å². The third kappa shape index (κ3) is 2.97. The van der Waals surface area contributed by atoms with Crippen molar-refractivity contribution in [2.45, 2.75) is 25.0 Å². The van der Waals surface area contributed by atoms with Crippen LogP contribution in [0.2, 0.25) is 0 Å². The maximum atomic E-state index is 7.23. The SMILES string of the molecule is [C-]#[N+]c1ccc2c(c1)C(c1ccccc1)OCCC(N)C2. The lowest BCUT2D eigenvalue weighted by Crippen LogP contribution is -2.28. The fraction of sp³-hybridized carbons (Fsp3) is 0.278. The van der Waals surface area contributed by atoms with E-state index in [9.17, 15) is 0 Å². The molecule has 2 N–H and O–H groups in total. The van der Waals surface area contributed by atoms with Crippen molar-refractivity contribution in [2.24, 2.45) is 5.73 Å². The molecule has 3 rings (SSSR count). The van der Waals surface area contributed by atoms with Crippen LogP contribution in [0.25, 0.3) is 4.85 Å². The monoisotopic (exact) mass is 278 g/mol. The second-order valence-electron chi connectivity index (χ2n) is 5.41. The Hall–Kier alpha value is -2.15. The van der Waals surface area contributed by atoms with Crippen LogP contribution >= 0.6 is 0 Å². The Kier molecular flexibility index (Phi) is 4.01. The zero-order valence-electron chi connectivity index (χ0n) is 11.8. The van der Waals surface area contributed by atoms with Crippen molar-refractivity contribution in [3.63, 3.8) is 0 Å². The largest absolute Gasteiger partial charge is 0.369 e. The third-order valence-corrected chi connectivity index (χ3v) is 3.90. The van der Waals surface area contributed by atoms with Crippen LogP contribution < -0.4 is 5.73 Å². The molecule has 0 saturated carbocycles. The van der Waals surface area contributed by atoms with Gasteiger partial charge in [-0.25, -0.2) is 4.85 Å². The number of nitrogens with zero attached hydrogens (tertiary/aromatic N) is 1. The molecule has 0 aromatic heterocycles. The number of benzene rings is 2. The first-order valence-electron chi connectivity index (χ1n) is 7.20. The second kappa shape index (κ2) is 6.09. The molecule has 1 aliphatic rings. The molecule has 1 aliphatic heterocycles. The lowest BCUT2D eigenvalue weighted by atomic mass is 9.91. The van der Waals surface area contributed by atoms with Crippen LogP contribution in [-0.4, -0.2) is 12.6 Å². The van der Waals surface area contributed by atoms with Crippen molar-refractivity contribution in [2.75, 3.05) is 6.61 Å². The number of nitrogens with two attached hydrogens (primary N) is 1. The van der Waals surface area contributed by atoms with Crippen LogP contribution in [0.4, 0.5) is 5.69 Å². The van der Waals surface area contributed by atoms with Crippen LogP contribution in [0, 0.1) is 6.57 Å². The molecule has 2 aromatic rings. The highest BCUT2D eigenvalue weighted by Crippen LogP contribution is 2.33. The molecule has 0 saturated heterocycles. The molecule has 3 nitrogen and oxygen atoms in total. The van der Waals surface area contributed by atoms with Crippen LogP contribution in [0.15, 0.2) is 48.5 Å². The standard InChI is InChI=1S/C18H18N2O/c1-20-16-8-7-14-11-15(19)9-10-21-18(17(14)12-16)13-5-3-2-4-6-13/h2-8,12,15,18H,9-11,19H2. The summed E-state index contributed by atoms with van der Waals surface area (Å²) >= 11 is 0. The van der Waals surface area contributed by atoms with Gasteiger partial charge in [0.1, 0.15) is 6.10 Å². The summed E-state index contributed by atoms with van der Waals surface area (Å²) in [5.74, 6) is 0. The van der Waals surface area contributed by atoms with Crippen molar-refractivity contribution >= 4 is 5.69 Å². The zero-order valence-corrected chi connectivity index (χ0v) is 11.8. The lowest BCUT2D eigenvalue weighted by molar-refractivity contribution is 0.0704. The third-order valence-electron chi connectivity index (χ3n) is 3.90. The van der Waals surface area contributed by atoms with Gasteiger partial charge in [0.2, 0.25) is 0 Å². The van der Waals surface area contributed by atoms with E-state index in [0.29, 0.717) is 12.3 Å². The molecule has 0 radical (unpaired) electrons. The van der Waals surface area contributed by atoms with Crippen LogP contribution in [0.5, 0.6) is 0 Å². The second-order valence-corrected chi connectivity index (χ2v) is 5.41. The number of hydrogen-bond acceptors (Lipinski definition) is 2. The zero-order chi connectivity index (χ0) is 14.7. The van der Waals surface area contributed by atoms with Crippen molar-refractivity contribution in [3.8, 4) is 0 Å². The molecule has 0 fully saturated rings. The Bertz CT molecular complexity index is 661. The maximum Gasteiger partial charge on any atom is 0.187 e. The summed E-state index contributed by atoms with van der Waals surface area (Å²) in [6.45, 7) is 7.87. The molecule has 2 unspecified atom stereocenters. The average Bonchev–Trinajstić information content (AvgIpc) is 2.51. The predicted molar refractivity (Wildman–Crippen MR) is 83.2 cm³/mol. The van der Waals surface area contributed by atoms with Crippen molar-refractivity contribution in [1.82, 2.24) is 0 Å². The van der Waals surface area contributed by atoms with Crippen LogP contribution in [0.3, 0.4) is 0 Å². The quantitative estimate of drug-likeness (QED) is 0.809. The lowest BCUT2D eigenvalue weighted by Gasteiger charge is -2.27. The summed E-state index contributed by atoms with van der Waals surface area (Å²) < 4.78 is 6.08. The predicted octanol–water partition coefficient (Wildman–Crippen LogP) is 3.62. The van der Waals surface area contributed by atoms with Gasteiger partial charge in [-0.1, -0.05) is 48.5 Å². The number of rotatable bonds is 1. The normalized spacial score (nSPS) is 21.7. The highest BCUT2D eigenvalue weighted by atomic mass is 16.5. The Labute approximate surface area is 125 Å². The highest BCUT2D eigenvalue weighted by Gasteiger charge is 2.22. The van der Waals surface area contributed by atoms with Gasteiger partial charge in [-0.3, -0.25) is 0 Å². The molecule has 0 aliphatic carbocycles. The molecule has 3 heteroatoms. The smallest absolute Gasteiger partial charge is 0.187 e. The van der Waals surface area contributed by atoms with E-state index >= 15 is 0 Å². The van der Waals surface area contributed by atoms with Gasteiger partial charge in [-0.05, 0) is 29.5 Å². The van der Waals surface area contributed by atoms with E-state index in [4.69, 9.17) is 17.0 Å². The average molecular weight is 278 g/mol. The van der Waals surface area contributed by atoms with Gasteiger partial charge in [0.05, 0.1) is 6.57 Å². The molecular weight excluding hydrogens is 260 g/mol. The molecule has 1 heterocycles. The first-order valence-corrected chi connectivity index (χ1v) is 7.20. The Morgan fingerprint density at radius 3 is 2.71 bits per heavy atom. The van der Waals surface area contributed by atoms with Gasteiger partial charge in [0.25, 0.3) is 0 Å². The van der Waals surface area contributed by atoms with E-state index in [1.807, 2.05) is 36.4 Å². The fourth-order valence-electron chi connectivity index (χ4n) is 2.80. The first kappa shape index (κ1) is 13.8. The Balaban J connectivity index is 2.10. The van der Waals surface area contributed by atoms with Gasteiger partial charge in [-0.2, -0.15) is 0 Å². The minimum Gasteiger partial charge on any atom is -0.369 e. The topological polar surface area (TPSA) is 39.6 Å². The summed E-state index contributed by atoms with van der Waals surface area (Å²) in [6, 6.07) is 16.1. The molecular formula is C18H18N2O.